The molecule has 4 rings (SSSR count). The Morgan fingerprint density at radius 3 is 2.07 bits per heavy atom. The third kappa shape index (κ3) is 3.85. The minimum atomic E-state index is -0.607. The van der Waals surface area contributed by atoms with Crippen molar-refractivity contribution < 1.29 is 14.1 Å². The summed E-state index contributed by atoms with van der Waals surface area (Å²) in [7, 11) is 0. The average Bonchev–Trinajstić information content (AvgIpc) is 3.30. The molecule has 1 aliphatic rings. The Morgan fingerprint density at radius 2 is 1.43 bits per heavy atom. The number of carbonyl (C=O) groups excluding carboxylic acids is 2. The van der Waals surface area contributed by atoms with Gasteiger partial charge in [-0.15, -0.1) is 0 Å². The second-order valence-electron chi connectivity index (χ2n) is 8.02. The number of piperazine rings is 1. The van der Waals surface area contributed by atoms with Crippen LogP contribution in [0.25, 0.3) is 11.3 Å². The van der Waals surface area contributed by atoms with Gasteiger partial charge >= 0.3 is 0 Å². The van der Waals surface area contributed by atoms with Gasteiger partial charge in [-0.25, -0.2) is 0 Å². The summed E-state index contributed by atoms with van der Waals surface area (Å²) >= 11 is 0. The van der Waals surface area contributed by atoms with Gasteiger partial charge in [0, 0.05) is 37.8 Å². The van der Waals surface area contributed by atoms with E-state index >= 15 is 0 Å². The van der Waals surface area contributed by atoms with E-state index in [4.69, 9.17) is 4.52 Å². The number of amides is 2. The molecule has 0 radical (unpaired) electrons. The highest BCUT2D eigenvalue weighted by molar-refractivity contribution is 5.93. The Bertz CT molecular complexity index is 1020. The zero-order valence-electron chi connectivity index (χ0n) is 17.2. The van der Waals surface area contributed by atoms with Crippen LogP contribution >= 0.6 is 0 Å². The summed E-state index contributed by atoms with van der Waals surface area (Å²) in [4.78, 5) is 29.5. The Labute approximate surface area is 176 Å². The number of aromatic nitrogens is 1. The van der Waals surface area contributed by atoms with Crippen LogP contribution < -0.4 is 0 Å². The molecule has 154 valence electrons. The maximum Gasteiger partial charge on any atom is 0.276 e. The summed E-state index contributed by atoms with van der Waals surface area (Å²) < 4.78 is 5.35. The second kappa shape index (κ2) is 8.14. The summed E-state index contributed by atoms with van der Waals surface area (Å²) in [6.07, 6.45) is 0. The van der Waals surface area contributed by atoms with Crippen molar-refractivity contribution in [3.63, 3.8) is 0 Å². The Hall–Kier alpha value is -3.41. The van der Waals surface area contributed by atoms with Crippen LogP contribution in [0.1, 0.15) is 29.9 Å². The first kappa shape index (κ1) is 19.9. The average molecular weight is 403 g/mol. The van der Waals surface area contributed by atoms with Crippen molar-refractivity contribution in [3.05, 3.63) is 78.0 Å². The fraction of sp³-hybridized carbons (Fsp3) is 0.292. The zero-order valence-corrected chi connectivity index (χ0v) is 17.2. The van der Waals surface area contributed by atoms with Gasteiger partial charge in [0.15, 0.2) is 11.5 Å². The Morgan fingerprint density at radius 1 is 0.867 bits per heavy atom. The summed E-state index contributed by atoms with van der Waals surface area (Å²) in [6.45, 7) is 5.85. The molecule has 1 aliphatic heterocycles. The molecule has 2 heterocycles. The van der Waals surface area contributed by atoms with E-state index in [1.54, 1.807) is 11.0 Å². The topological polar surface area (TPSA) is 66.7 Å². The first-order valence-corrected chi connectivity index (χ1v) is 10.1. The summed E-state index contributed by atoms with van der Waals surface area (Å²) in [5.41, 5.74) is 1.55. The highest BCUT2D eigenvalue weighted by Gasteiger charge is 2.36. The van der Waals surface area contributed by atoms with E-state index in [1.165, 1.54) is 0 Å². The van der Waals surface area contributed by atoms with Gasteiger partial charge in [0.2, 0.25) is 5.91 Å². The number of benzene rings is 2. The van der Waals surface area contributed by atoms with Crippen LogP contribution in [-0.2, 0) is 10.2 Å². The van der Waals surface area contributed by atoms with Crippen LogP contribution in [0.4, 0.5) is 0 Å². The van der Waals surface area contributed by atoms with Crippen molar-refractivity contribution in [3.8, 4) is 11.3 Å². The van der Waals surface area contributed by atoms with Crippen LogP contribution in [0, 0.1) is 0 Å². The number of carbonyl (C=O) groups is 2. The van der Waals surface area contributed by atoms with E-state index in [2.05, 4.69) is 5.16 Å². The summed E-state index contributed by atoms with van der Waals surface area (Å²) in [5.74, 6) is 0.473. The number of hydrogen-bond acceptors (Lipinski definition) is 4. The molecule has 1 saturated heterocycles. The minimum absolute atomic E-state index is 0.0774. The molecule has 0 spiro atoms. The molecule has 3 aromatic rings. The number of rotatable bonds is 4. The standard InChI is InChI=1S/C24H25N3O3/c1-24(2,19-11-7-4-8-12-19)23(29)27-15-13-26(14-16-27)22(28)20-17-21(30-25-20)18-9-5-3-6-10-18/h3-12,17H,13-16H2,1-2H3. The highest BCUT2D eigenvalue weighted by atomic mass is 16.5. The monoisotopic (exact) mass is 403 g/mol. The van der Waals surface area contributed by atoms with E-state index < -0.39 is 5.41 Å². The minimum Gasteiger partial charge on any atom is -0.355 e. The lowest BCUT2D eigenvalue weighted by atomic mass is 9.83. The van der Waals surface area contributed by atoms with Crippen LogP contribution in [0.5, 0.6) is 0 Å². The zero-order chi connectivity index (χ0) is 21.1. The van der Waals surface area contributed by atoms with Gasteiger partial charge in [-0.3, -0.25) is 9.59 Å². The molecular formula is C24H25N3O3. The van der Waals surface area contributed by atoms with Crippen LogP contribution in [0.15, 0.2) is 71.3 Å². The van der Waals surface area contributed by atoms with Crippen LogP contribution in [0.3, 0.4) is 0 Å². The van der Waals surface area contributed by atoms with Gasteiger partial charge in [0.05, 0.1) is 5.41 Å². The quantitative estimate of drug-likeness (QED) is 0.668. The number of hydrogen-bond donors (Lipinski definition) is 0. The molecule has 1 fully saturated rings. The maximum atomic E-state index is 13.1. The Kier molecular flexibility index (Phi) is 5.40. The smallest absolute Gasteiger partial charge is 0.276 e. The van der Waals surface area contributed by atoms with Gasteiger partial charge < -0.3 is 14.3 Å². The second-order valence-corrected chi connectivity index (χ2v) is 8.02. The first-order chi connectivity index (χ1) is 14.5. The van der Waals surface area contributed by atoms with Crippen LogP contribution in [-0.4, -0.2) is 52.9 Å². The van der Waals surface area contributed by atoms with Crippen molar-refractivity contribution in [2.45, 2.75) is 19.3 Å². The third-order valence-corrected chi connectivity index (χ3v) is 5.67. The summed E-state index contributed by atoms with van der Waals surface area (Å²) in [5, 5.41) is 3.95. The summed E-state index contributed by atoms with van der Waals surface area (Å²) in [6, 6.07) is 21.0. The SMILES string of the molecule is CC(C)(C(=O)N1CCN(C(=O)c2cc(-c3ccccc3)on2)CC1)c1ccccc1. The van der Waals surface area contributed by atoms with Crippen molar-refractivity contribution in [2.75, 3.05) is 26.2 Å². The molecular weight excluding hydrogens is 378 g/mol. The number of nitrogens with zero attached hydrogens (tertiary/aromatic N) is 3. The molecule has 6 heteroatoms. The largest absolute Gasteiger partial charge is 0.355 e. The predicted molar refractivity (Wildman–Crippen MR) is 114 cm³/mol. The molecule has 0 unspecified atom stereocenters. The van der Waals surface area contributed by atoms with Crippen molar-refractivity contribution >= 4 is 11.8 Å². The molecule has 2 aromatic carbocycles. The lowest BCUT2D eigenvalue weighted by Gasteiger charge is -2.38. The van der Waals surface area contributed by atoms with Gasteiger partial charge in [-0.1, -0.05) is 65.8 Å². The molecule has 0 atom stereocenters. The third-order valence-electron chi connectivity index (χ3n) is 5.67. The van der Waals surface area contributed by atoms with E-state index in [1.807, 2.05) is 79.4 Å². The highest BCUT2D eigenvalue weighted by Crippen LogP contribution is 2.26. The fourth-order valence-corrected chi connectivity index (χ4v) is 3.76. The van der Waals surface area contributed by atoms with E-state index in [9.17, 15) is 9.59 Å². The lowest BCUT2D eigenvalue weighted by Crippen LogP contribution is -2.54. The van der Waals surface area contributed by atoms with Gasteiger partial charge in [-0.2, -0.15) is 0 Å². The van der Waals surface area contributed by atoms with Gasteiger partial charge in [0.1, 0.15) is 0 Å². The van der Waals surface area contributed by atoms with Crippen molar-refractivity contribution in [1.29, 1.82) is 0 Å². The van der Waals surface area contributed by atoms with Gasteiger partial charge in [-0.05, 0) is 19.4 Å². The molecule has 30 heavy (non-hydrogen) atoms. The first-order valence-electron chi connectivity index (χ1n) is 10.1. The van der Waals surface area contributed by atoms with Crippen molar-refractivity contribution in [2.24, 2.45) is 0 Å². The molecule has 0 aliphatic carbocycles. The lowest BCUT2D eigenvalue weighted by molar-refractivity contribution is -0.137. The maximum absolute atomic E-state index is 13.1. The molecule has 0 N–H and O–H groups in total. The van der Waals surface area contributed by atoms with E-state index in [0.717, 1.165) is 11.1 Å². The van der Waals surface area contributed by atoms with Gasteiger partial charge in [0.25, 0.3) is 5.91 Å². The Balaban J connectivity index is 1.39. The normalized spacial score (nSPS) is 14.6. The van der Waals surface area contributed by atoms with Crippen molar-refractivity contribution in [1.82, 2.24) is 15.0 Å². The predicted octanol–water partition coefficient (Wildman–Crippen LogP) is 3.60. The molecule has 1 aromatic heterocycles. The molecule has 0 bridgehead atoms. The fourth-order valence-electron chi connectivity index (χ4n) is 3.76. The molecule has 2 amide bonds. The van der Waals surface area contributed by atoms with Crippen LogP contribution in [0.2, 0.25) is 0 Å². The van der Waals surface area contributed by atoms with E-state index in [0.29, 0.717) is 37.6 Å². The molecule has 0 saturated carbocycles. The van der Waals surface area contributed by atoms with E-state index in [-0.39, 0.29) is 11.8 Å². The molecule has 6 nitrogen and oxygen atoms in total.